The molecule has 0 saturated carbocycles. The monoisotopic (exact) mass is 415 g/mol. The smallest absolute Gasteiger partial charge is 0.273 e. The fourth-order valence-electron chi connectivity index (χ4n) is 1.86. The average molecular weight is 416 g/mol. The number of aryl methyl sites for hydroxylation is 1. The van der Waals surface area contributed by atoms with Gasteiger partial charge in [0.2, 0.25) is 0 Å². The highest BCUT2D eigenvalue weighted by Gasteiger charge is 2.18. The Kier molecular flexibility index (Phi) is 6.84. The van der Waals surface area contributed by atoms with Gasteiger partial charge in [-0.05, 0) is 50.3 Å². The summed E-state index contributed by atoms with van der Waals surface area (Å²) < 4.78 is 10.5. The lowest BCUT2D eigenvalue weighted by Gasteiger charge is -2.16. The Hall–Kier alpha value is -2.29. The van der Waals surface area contributed by atoms with Crippen LogP contribution in [0.5, 0.6) is 5.75 Å². The molecule has 1 heterocycles. The lowest BCUT2D eigenvalue weighted by Crippen LogP contribution is -2.51. The third-order valence-corrected chi connectivity index (χ3v) is 3.93. The van der Waals surface area contributed by atoms with Crippen LogP contribution >= 0.6 is 35.4 Å². The van der Waals surface area contributed by atoms with Gasteiger partial charge in [-0.1, -0.05) is 23.2 Å². The Morgan fingerprint density at radius 3 is 2.58 bits per heavy atom. The van der Waals surface area contributed by atoms with E-state index in [4.69, 9.17) is 44.6 Å². The van der Waals surface area contributed by atoms with Crippen LogP contribution in [0.4, 0.5) is 0 Å². The lowest BCUT2D eigenvalue weighted by molar-refractivity contribution is -0.125. The molecule has 0 saturated heterocycles. The van der Waals surface area contributed by atoms with Crippen molar-refractivity contribution < 1.29 is 18.7 Å². The molecular weight excluding hydrogens is 401 g/mol. The van der Waals surface area contributed by atoms with Crippen LogP contribution in [0.15, 0.2) is 34.9 Å². The molecule has 0 spiro atoms. The minimum atomic E-state index is -0.889. The van der Waals surface area contributed by atoms with E-state index < -0.39 is 17.9 Å². The minimum absolute atomic E-state index is 0.0952. The topological polar surface area (TPSA) is 92.6 Å². The second kappa shape index (κ2) is 8.88. The zero-order valence-electron chi connectivity index (χ0n) is 13.8. The predicted molar refractivity (Wildman–Crippen MR) is 101 cm³/mol. The molecule has 10 heteroatoms. The molecular formula is C16H15Cl2N3O4S. The molecule has 0 fully saturated rings. The Bertz CT molecular complexity index is 841. The van der Waals surface area contributed by atoms with Crippen LogP contribution in [-0.2, 0) is 4.79 Å². The van der Waals surface area contributed by atoms with Crippen molar-refractivity contribution in [3.8, 4) is 5.75 Å². The zero-order chi connectivity index (χ0) is 19.3. The van der Waals surface area contributed by atoms with Crippen molar-refractivity contribution in [2.45, 2.75) is 20.0 Å². The molecule has 0 aliphatic carbocycles. The fraction of sp³-hybridized carbons (Fsp3) is 0.188. The number of nitrogens with one attached hydrogen (secondary N) is 3. The molecule has 0 radical (unpaired) electrons. The number of hydrazine groups is 1. The maximum Gasteiger partial charge on any atom is 0.273 e. The van der Waals surface area contributed by atoms with Gasteiger partial charge in [-0.3, -0.25) is 25.8 Å². The van der Waals surface area contributed by atoms with Crippen molar-refractivity contribution in [2.24, 2.45) is 0 Å². The standard InChI is InChI=1S/C16H15Cl2N3O4S/c1-8-11(5-6-24-8)15(23)20-21-16(26)19-14(22)9(2)25-13-4-3-10(17)7-12(13)18/h3-7,9H,1-2H3,(H,20,23)(H2,19,21,22,26). The molecule has 0 aliphatic heterocycles. The molecule has 2 amide bonds. The van der Waals surface area contributed by atoms with Gasteiger partial charge in [-0.2, -0.15) is 0 Å². The number of halogens is 2. The normalized spacial score (nSPS) is 11.4. The summed E-state index contributed by atoms with van der Waals surface area (Å²) in [6.45, 7) is 3.17. The fourth-order valence-corrected chi connectivity index (χ4v) is 2.47. The van der Waals surface area contributed by atoms with E-state index in [1.54, 1.807) is 19.1 Å². The highest BCUT2D eigenvalue weighted by molar-refractivity contribution is 7.80. The van der Waals surface area contributed by atoms with Gasteiger partial charge >= 0.3 is 0 Å². The van der Waals surface area contributed by atoms with Crippen LogP contribution in [0.25, 0.3) is 0 Å². The Balaban J connectivity index is 1.83. The second-order valence-corrected chi connectivity index (χ2v) is 6.37. The number of thiocarbonyl (C=S) groups is 1. The molecule has 7 nitrogen and oxygen atoms in total. The molecule has 1 aromatic heterocycles. The molecule has 26 heavy (non-hydrogen) atoms. The van der Waals surface area contributed by atoms with Gasteiger partial charge in [0.25, 0.3) is 11.8 Å². The van der Waals surface area contributed by atoms with E-state index in [-0.39, 0.29) is 10.1 Å². The molecule has 138 valence electrons. The van der Waals surface area contributed by atoms with Crippen molar-refractivity contribution in [3.63, 3.8) is 0 Å². The number of hydrogen-bond donors (Lipinski definition) is 3. The molecule has 2 rings (SSSR count). The van der Waals surface area contributed by atoms with Crippen molar-refractivity contribution in [1.29, 1.82) is 0 Å². The van der Waals surface area contributed by atoms with E-state index in [0.717, 1.165) is 0 Å². The van der Waals surface area contributed by atoms with Gasteiger partial charge in [0.15, 0.2) is 11.2 Å². The van der Waals surface area contributed by atoms with Crippen LogP contribution in [-0.4, -0.2) is 23.0 Å². The van der Waals surface area contributed by atoms with Crippen molar-refractivity contribution >= 4 is 52.3 Å². The van der Waals surface area contributed by atoms with E-state index in [0.29, 0.717) is 22.1 Å². The van der Waals surface area contributed by atoms with E-state index >= 15 is 0 Å². The summed E-state index contributed by atoms with van der Waals surface area (Å²) in [7, 11) is 0. The Labute approximate surface area is 164 Å². The number of hydrogen-bond acceptors (Lipinski definition) is 5. The Morgan fingerprint density at radius 2 is 1.96 bits per heavy atom. The quantitative estimate of drug-likeness (QED) is 0.524. The summed E-state index contributed by atoms with van der Waals surface area (Å²) in [4.78, 5) is 24.0. The second-order valence-electron chi connectivity index (χ2n) is 5.12. The molecule has 0 bridgehead atoms. The molecule has 1 unspecified atom stereocenters. The lowest BCUT2D eigenvalue weighted by atomic mass is 10.2. The van der Waals surface area contributed by atoms with Crippen molar-refractivity contribution in [2.75, 3.05) is 0 Å². The number of carbonyl (C=O) groups excluding carboxylic acids is 2. The molecule has 1 atom stereocenters. The number of amides is 2. The first-order valence-corrected chi connectivity index (χ1v) is 8.51. The number of rotatable bonds is 4. The van der Waals surface area contributed by atoms with Crippen molar-refractivity contribution in [3.05, 3.63) is 51.9 Å². The first-order chi connectivity index (χ1) is 12.3. The molecule has 1 aromatic carbocycles. The van der Waals surface area contributed by atoms with E-state index in [1.807, 2.05) is 0 Å². The van der Waals surface area contributed by atoms with Crippen LogP contribution in [0.2, 0.25) is 10.0 Å². The molecule has 3 N–H and O–H groups in total. The maximum absolute atomic E-state index is 12.1. The third-order valence-electron chi connectivity index (χ3n) is 3.20. The predicted octanol–water partition coefficient (Wildman–Crippen LogP) is 3.00. The van der Waals surface area contributed by atoms with Crippen molar-refractivity contribution in [1.82, 2.24) is 16.2 Å². The van der Waals surface area contributed by atoms with E-state index in [1.165, 1.54) is 25.3 Å². The number of benzene rings is 1. The largest absolute Gasteiger partial charge is 0.479 e. The summed E-state index contributed by atoms with van der Waals surface area (Å²) in [5.74, 6) is -0.213. The summed E-state index contributed by atoms with van der Waals surface area (Å²) in [6, 6.07) is 6.16. The number of furan rings is 1. The summed E-state index contributed by atoms with van der Waals surface area (Å²) in [6.07, 6.45) is 0.505. The average Bonchev–Trinajstić information content (AvgIpc) is 3.01. The number of carbonyl (C=O) groups is 2. The van der Waals surface area contributed by atoms with Crippen LogP contribution in [0.1, 0.15) is 23.0 Å². The van der Waals surface area contributed by atoms with E-state index in [9.17, 15) is 9.59 Å². The summed E-state index contributed by atoms with van der Waals surface area (Å²) in [5.41, 5.74) is 5.13. The first-order valence-electron chi connectivity index (χ1n) is 7.35. The maximum atomic E-state index is 12.1. The van der Waals surface area contributed by atoms with Gasteiger partial charge in [0, 0.05) is 5.02 Å². The van der Waals surface area contributed by atoms with Gasteiger partial charge in [0.1, 0.15) is 11.5 Å². The SMILES string of the molecule is Cc1occc1C(=O)NNC(=S)NC(=O)C(C)Oc1ccc(Cl)cc1Cl. The van der Waals surface area contributed by atoms with Gasteiger partial charge in [0.05, 0.1) is 16.8 Å². The highest BCUT2D eigenvalue weighted by Crippen LogP contribution is 2.28. The van der Waals surface area contributed by atoms with Gasteiger partial charge in [-0.25, -0.2) is 0 Å². The van der Waals surface area contributed by atoms with Crippen LogP contribution in [0, 0.1) is 6.92 Å². The summed E-state index contributed by atoms with van der Waals surface area (Å²) >= 11 is 16.8. The van der Waals surface area contributed by atoms with Gasteiger partial charge in [-0.15, -0.1) is 0 Å². The Morgan fingerprint density at radius 1 is 1.23 bits per heavy atom. The number of ether oxygens (including phenoxy) is 1. The van der Waals surface area contributed by atoms with Crippen LogP contribution < -0.4 is 20.9 Å². The first kappa shape index (κ1) is 20.0. The zero-order valence-corrected chi connectivity index (χ0v) is 16.1. The van der Waals surface area contributed by atoms with E-state index in [2.05, 4.69) is 16.2 Å². The molecule has 2 aromatic rings. The van der Waals surface area contributed by atoms with Crippen LogP contribution in [0.3, 0.4) is 0 Å². The third kappa shape index (κ3) is 5.35. The summed E-state index contributed by atoms with van der Waals surface area (Å²) in [5, 5.41) is 3.03. The molecule has 0 aliphatic rings. The van der Waals surface area contributed by atoms with Gasteiger partial charge < -0.3 is 9.15 Å². The minimum Gasteiger partial charge on any atom is -0.479 e. The highest BCUT2D eigenvalue weighted by atomic mass is 35.5.